The maximum Gasteiger partial charge on any atom is 0.189 e. The first-order valence-corrected chi connectivity index (χ1v) is 1.64. The smallest absolute Gasteiger partial charge is 0.189 e. The Morgan fingerprint density at radius 1 is 0.875 bits per heavy atom. The van der Waals surface area contributed by atoms with Crippen LogP contribution in [0.4, 0.5) is 17.6 Å². The molecular weight excluding hydrogens is 124 g/mol. The molecule has 0 unspecified atom stereocenters. The highest BCUT2D eigenvalue weighted by Crippen LogP contribution is 2.12. The van der Waals surface area contributed by atoms with Gasteiger partial charge in [-0.2, -0.15) is 0 Å². The Hall–Kier alpha value is -0.800. The molecule has 0 atom stereocenters. The zero-order valence-electron chi connectivity index (χ0n) is 3.67. The third-order valence-corrected chi connectivity index (χ3v) is 0.420. The van der Waals surface area contributed by atoms with Gasteiger partial charge in [-0.25, -0.2) is 17.6 Å². The molecule has 0 aliphatic heterocycles. The van der Waals surface area contributed by atoms with Gasteiger partial charge in [0.25, 0.3) is 0 Å². The second kappa shape index (κ2) is 3.23. The molecule has 0 N–H and O–H groups in total. The molecule has 0 nitrogen and oxygen atoms in total. The van der Waals surface area contributed by atoms with Crippen molar-refractivity contribution in [1.82, 2.24) is 0 Å². The fraction of sp³-hybridized carbons (Fsp3) is 0. The van der Waals surface area contributed by atoms with Crippen molar-refractivity contribution in [2.24, 2.45) is 0 Å². The maximum atomic E-state index is 11.3. The van der Waals surface area contributed by atoms with Crippen LogP contribution in [0.1, 0.15) is 0 Å². The SMILES string of the molecule is F/C=C(F)/C(F)=C/F. The van der Waals surface area contributed by atoms with Gasteiger partial charge in [0.15, 0.2) is 11.7 Å². The van der Waals surface area contributed by atoms with Crippen molar-refractivity contribution >= 4 is 0 Å². The van der Waals surface area contributed by atoms with Crippen LogP contribution in [0.25, 0.3) is 0 Å². The quantitative estimate of drug-likeness (QED) is 0.374. The van der Waals surface area contributed by atoms with Crippen LogP contribution in [0.15, 0.2) is 24.3 Å². The van der Waals surface area contributed by atoms with Gasteiger partial charge in [-0.15, -0.1) is 0 Å². The van der Waals surface area contributed by atoms with Gasteiger partial charge in [-0.05, 0) is 0 Å². The number of hydrogen-bond acceptors (Lipinski definition) is 0. The summed E-state index contributed by atoms with van der Waals surface area (Å²) < 4.78 is 44.3. The Morgan fingerprint density at radius 2 is 1.12 bits per heavy atom. The molecule has 0 heterocycles. The van der Waals surface area contributed by atoms with Gasteiger partial charge in [0.1, 0.15) is 12.7 Å². The largest absolute Gasteiger partial charge is 0.212 e. The molecule has 0 saturated heterocycles. The van der Waals surface area contributed by atoms with E-state index in [-0.39, 0.29) is 0 Å². The van der Waals surface area contributed by atoms with Crippen LogP contribution < -0.4 is 0 Å². The first kappa shape index (κ1) is 7.20. The fourth-order valence-corrected chi connectivity index (χ4v) is 0.104. The normalized spacial score (nSPS) is 14.5. The minimum atomic E-state index is -1.84. The minimum Gasteiger partial charge on any atom is -0.212 e. The van der Waals surface area contributed by atoms with Crippen LogP contribution in [-0.4, -0.2) is 0 Å². The van der Waals surface area contributed by atoms with Crippen LogP contribution in [0.5, 0.6) is 0 Å². The molecule has 0 amide bonds. The van der Waals surface area contributed by atoms with Crippen molar-refractivity contribution in [1.29, 1.82) is 0 Å². The fourth-order valence-electron chi connectivity index (χ4n) is 0.104. The number of halogens is 4. The van der Waals surface area contributed by atoms with Gasteiger partial charge in [0.2, 0.25) is 0 Å². The Balaban J connectivity index is 4.04. The molecule has 4 heteroatoms. The van der Waals surface area contributed by atoms with Crippen LogP contribution in [0.2, 0.25) is 0 Å². The lowest BCUT2D eigenvalue weighted by molar-refractivity contribution is 0.501. The molecule has 0 saturated carbocycles. The van der Waals surface area contributed by atoms with Crippen molar-refractivity contribution < 1.29 is 17.6 Å². The van der Waals surface area contributed by atoms with E-state index in [0.717, 1.165) is 0 Å². The van der Waals surface area contributed by atoms with Gasteiger partial charge in [0.05, 0.1) is 0 Å². The van der Waals surface area contributed by atoms with Gasteiger partial charge >= 0.3 is 0 Å². The van der Waals surface area contributed by atoms with E-state index in [9.17, 15) is 17.6 Å². The molecule has 46 valence electrons. The maximum absolute atomic E-state index is 11.3. The summed E-state index contributed by atoms with van der Waals surface area (Å²) in [5.41, 5.74) is 0. The number of hydrogen-bond donors (Lipinski definition) is 0. The molecule has 0 aromatic carbocycles. The van der Waals surface area contributed by atoms with E-state index in [1.165, 1.54) is 0 Å². The number of allylic oxidation sites excluding steroid dienone is 2. The van der Waals surface area contributed by atoms with Gasteiger partial charge in [0, 0.05) is 0 Å². The summed E-state index contributed by atoms with van der Waals surface area (Å²) in [6, 6.07) is 0. The topological polar surface area (TPSA) is 0 Å². The van der Waals surface area contributed by atoms with Crippen LogP contribution in [0, 0.1) is 0 Å². The first-order valence-electron chi connectivity index (χ1n) is 1.64. The molecule has 0 fully saturated rings. The van der Waals surface area contributed by atoms with Crippen LogP contribution in [-0.2, 0) is 0 Å². The van der Waals surface area contributed by atoms with Gasteiger partial charge in [-0.3, -0.25) is 0 Å². The van der Waals surface area contributed by atoms with E-state index in [2.05, 4.69) is 0 Å². The predicted molar refractivity (Wildman–Crippen MR) is 20.6 cm³/mol. The molecule has 8 heavy (non-hydrogen) atoms. The lowest BCUT2D eigenvalue weighted by Crippen LogP contribution is -1.68. The summed E-state index contributed by atoms with van der Waals surface area (Å²) in [4.78, 5) is 0. The van der Waals surface area contributed by atoms with E-state index in [4.69, 9.17) is 0 Å². The molecule has 0 aliphatic carbocycles. The molecular formula is C4H2F4. The van der Waals surface area contributed by atoms with Gasteiger partial charge in [-0.1, -0.05) is 0 Å². The summed E-state index contributed by atoms with van der Waals surface area (Å²) >= 11 is 0. The Kier molecular flexibility index (Phi) is 2.91. The Labute approximate surface area is 43.1 Å². The molecule has 0 aliphatic rings. The van der Waals surface area contributed by atoms with E-state index in [1.54, 1.807) is 0 Å². The Bertz CT molecular complexity index is 108. The monoisotopic (exact) mass is 126 g/mol. The average Bonchev–Trinajstić information content (AvgIpc) is 1.84. The summed E-state index contributed by atoms with van der Waals surface area (Å²) in [6.45, 7) is 0. The third-order valence-electron chi connectivity index (χ3n) is 0.420. The van der Waals surface area contributed by atoms with Crippen molar-refractivity contribution in [3.05, 3.63) is 24.3 Å². The van der Waals surface area contributed by atoms with Crippen molar-refractivity contribution in [3.8, 4) is 0 Å². The first-order chi connectivity index (χ1) is 3.72. The van der Waals surface area contributed by atoms with Crippen molar-refractivity contribution in [2.75, 3.05) is 0 Å². The second-order valence-corrected chi connectivity index (χ2v) is 0.914. The zero-order valence-corrected chi connectivity index (χ0v) is 3.67. The van der Waals surface area contributed by atoms with E-state index >= 15 is 0 Å². The summed E-state index contributed by atoms with van der Waals surface area (Å²) in [5, 5.41) is 0. The van der Waals surface area contributed by atoms with Gasteiger partial charge < -0.3 is 0 Å². The molecule has 0 spiro atoms. The molecule has 0 bridgehead atoms. The highest BCUT2D eigenvalue weighted by atomic mass is 19.2. The molecule has 0 rings (SSSR count). The second-order valence-electron chi connectivity index (χ2n) is 0.914. The van der Waals surface area contributed by atoms with E-state index in [1.807, 2.05) is 0 Å². The summed E-state index contributed by atoms with van der Waals surface area (Å²) in [5.74, 6) is -3.68. The highest BCUT2D eigenvalue weighted by Gasteiger charge is 2.00. The highest BCUT2D eigenvalue weighted by molar-refractivity contribution is 5.13. The van der Waals surface area contributed by atoms with E-state index < -0.39 is 24.3 Å². The molecule has 0 aromatic rings. The van der Waals surface area contributed by atoms with Crippen LogP contribution in [0.3, 0.4) is 0 Å². The molecule has 0 radical (unpaired) electrons. The van der Waals surface area contributed by atoms with Crippen LogP contribution >= 0.6 is 0 Å². The lowest BCUT2D eigenvalue weighted by atomic mass is 10.5. The average molecular weight is 126 g/mol. The summed E-state index contributed by atoms with van der Waals surface area (Å²) in [6.07, 6.45) is -1.32. The minimum absolute atomic E-state index is 0.661. The standard InChI is InChI=1S/C4H2F4/c5-1-3(7)4(8)2-6/h1-2H/b3-1-,4-2-. The molecule has 0 aromatic heterocycles. The Morgan fingerprint density at radius 3 is 1.25 bits per heavy atom. The van der Waals surface area contributed by atoms with E-state index in [0.29, 0.717) is 0 Å². The third kappa shape index (κ3) is 1.77. The predicted octanol–water partition coefficient (Wildman–Crippen LogP) is 2.55. The van der Waals surface area contributed by atoms with Crippen molar-refractivity contribution in [3.63, 3.8) is 0 Å². The lowest BCUT2D eigenvalue weighted by Gasteiger charge is -1.81. The zero-order chi connectivity index (χ0) is 6.57. The summed E-state index contributed by atoms with van der Waals surface area (Å²) in [7, 11) is 0. The van der Waals surface area contributed by atoms with Crippen molar-refractivity contribution in [2.45, 2.75) is 0 Å². The number of rotatable bonds is 1.